The van der Waals surface area contributed by atoms with Gasteiger partial charge in [0, 0.05) is 28.7 Å². The molecule has 8 heteroatoms. The minimum atomic E-state index is -0.590. The maximum absolute atomic E-state index is 10.5. The van der Waals surface area contributed by atoms with Gasteiger partial charge in [-0.15, -0.1) is 35.3 Å². The molecule has 27 heavy (non-hydrogen) atoms. The van der Waals surface area contributed by atoms with Gasteiger partial charge in [0.05, 0.1) is 5.69 Å². The van der Waals surface area contributed by atoms with Crippen molar-refractivity contribution >= 4 is 51.4 Å². The van der Waals surface area contributed by atoms with Crippen LogP contribution in [-0.2, 0) is 13.0 Å². The summed E-state index contributed by atoms with van der Waals surface area (Å²) in [6.07, 6.45) is 0.251. The summed E-state index contributed by atoms with van der Waals surface area (Å²) < 4.78 is 6.43. The van der Waals surface area contributed by atoms with E-state index in [1.54, 1.807) is 11.3 Å². The van der Waals surface area contributed by atoms with Gasteiger partial charge in [-0.2, -0.15) is 0 Å². The quantitative estimate of drug-likeness (QED) is 0.261. The number of nitrogens with one attached hydrogen (secondary N) is 2. The van der Waals surface area contributed by atoms with Crippen LogP contribution in [0.2, 0.25) is 0 Å². The van der Waals surface area contributed by atoms with E-state index < -0.39 is 6.10 Å². The van der Waals surface area contributed by atoms with Crippen molar-refractivity contribution in [3.8, 4) is 0 Å². The van der Waals surface area contributed by atoms with Crippen LogP contribution in [-0.4, -0.2) is 29.3 Å². The SMILES string of the molecule is CCNC(=NCc1cc(CC)no1)NCC(O)c1cc2ccccc2s1.I. The number of halogens is 1. The Labute approximate surface area is 180 Å². The van der Waals surface area contributed by atoms with Crippen molar-refractivity contribution in [2.45, 2.75) is 32.9 Å². The van der Waals surface area contributed by atoms with Crippen LogP contribution >= 0.6 is 35.3 Å². The number of hydrogen-bond donors (Lipinski definition) is 3. The van der Waals surface area contributed by atoms with E-state index in [1.807, 2.05) is 38.1 Å². The van der Waals surface area contributed by atoms with E-state index in [9.17, 15) is 5.11 Å². The van der Waals surface area contributed by atoms with E-state index in [-0.39, 0.29) is 24.0 Å². The Kier molecular flexibility index (Phi) is 8.52. The number of guanidine groups is 1. The third kappa shape index (κ3) is 5.91. The molecule has 0 aliphatic carbocycles. The molecule has 0 aliphatic heterocycles. The van der Waals surface area contributed by atoms with E-state index in [0.29, 0.717) is 19.0 Å². The van der Waals surface area contributed by atoms with Crippen LogP contribution in [0.3, 0.4) is 0 Å². The Balaban J connectivity index is 0.00000261. The van der Waals surface area contributed by atoms with Gasteiger partial charge in [0.1, 0.15) is 12.6 Å². The summed E-state index contributed by atoms with van der Waals surface area (Å²) in [7, 11) is 0. The van der Waals surface area contributed by atoms with E-state index >= 15 is 0 Å². The van der Waals surface area contributed by atoms with E-state index in [4.69, 9.17) is 4.52 Å². The van der Waals surface area contributed by atoms with Crippen LogP contribution < -0.4 is 10.6 Å². The zero-order valence-corrected chi connectivity index (χ0v) is 18.6. The van der Waals surface area contributed by atoms with Crippen LogP contribution in [0.15, 0.2) is 45.9 Å². The van der Waals surface area contributed by atoms with Gasteiger partial charge in [-0.1, -0.05) is 30.3 Å². The largest absolute Gasteiger partial charge is 0.386 e. The average molecular weight is 500 g/mol. The number of aryl methyl sites for hydroxylation is 1. The maximum Gasteiger partial charge on any atom is 0.191 e. The number of aliphatic hydroxyl groups is 1. The average Bonchev–Trinajstić information content (AvgIpc) is 3.30. The lowest BCUT2D eigenvalue weighted by atomic mass is 10.2. The van der Waals surface area contributed by atoms with Gasteiger partial charge in [0.2, 0.25) is 0 Å². The summed E-state index contributed by atoms with van der Waals surface area (Å²) in [5.41, 5.74) is 0.924. The number of hydrogen-bond acceptors (Lipinski definition) is 5. The molecule has 0 radical (unpaired) electrons. The molecule has 0 bridgehead atoms. The second-order valence-corrected chi connectivity index (χ2v) is 7.03. The fraction of sp³-hybridized carbons (Fsp3) is 0.368. The zero-order chi connectivity index (χ0) is 18.4. The fourth-order valence-electron chi connectivity index (χ4n) is 2.56. The first-order valence-electron chi connectivity index (χ1n) is 8.82. The Bertz CT molecular complexity index is 844. The van der Waals surface area contributed by atoms with Gasteiger partial charge < -0.3 is 20.3 Å². The van der Waals surface area contributed by atoms with Crippen molar-refractivity contribution in [1.29, 1.82) is 0 Å². The molecule has 2 heterocycles. The molecule has 1 aromatic carbocycles. The number of benzene rings is 1. The first-order valence-corrected chi connectivity index (χ1v) is 9.64. The molecular weight excluding hydrogens is 475 g/mol. The number of fused-ring (bicyclic) bond motifs is 1. The molecular formula is C19H25IN4O2S. The molecule has 0 spiro atoms. The lowest BCUT2D eigenvalue weighted by Gasteiger charge is -2.14. The topological polar surface area (TPSA) is 82.7 Å². The molecule has 1 atom stereocenters. The molecule has 0 saturated carbocycles. The fourth-order valence-corrected chi connectivity index (χ4v) is 3.61. The third-order valence-electron chi connectivity index (χ3n) is 3.94. The maximum atomic E-state index is 10.5. The Morgan fingerprint density at radius 3 is 2.78 bits per heavy atom. The van der Waals surface area contributed by atoms with Crippen LogP contribution in [0.1, 0.15) is 36.3 Å². The van der Waals surface area contributed by atoms with E-state index in [1.165, 1.54) is 4.70 Å². The normalized spacial score (nSPS) is 12.6. The van der Waals surface area contributed by atoms with Crippen molar-refractivity contribution in [2.75, 3.05) is 13.1 Å². The zero-order valence-electron chi connectivity index (χ0n) is 15.4. The van der Waals surface area contributed by atoms with Crippen molar-refractivity contribution in [3.63, 3.8) is 0 Å². The minimum absolute atomic E-state index is 0. The highest BCUT2D eigenvalue weighted by Gasteiger charge is 2.12. The van der Waals surface area contributed by atoms with E-state index in [2.05, 4.69) is 32.9 Å². The molecule has 3 rings (SSSR count). The van der Waals surface area contributed by atoms with Gasteiger partial charge in [-0.05, 0) is 30.9 Å². The smallest absolute Gasteiger partial charge is 0.191 e. The molecule has 6 nitrogen and oxygen atoms in total. The first kappa shape index (κ1) is 21.6. The van der Waals surface area contributed by atoms with Crippen LogP contribution in [0.5, 0.6) is 0 Å². The lowest BCUT2D eigenvalue weighted by molar-refractivity contribution is 0.184. The number of nitrogens with zero attached hydrogens (tertiary/aromatic N) is 2. The van der Waals surface area contributed by atoms with Crippen molar-refractivity contribution in [2.24, 2.45) is 4.99 Å². The highest BCUT2D eigenvalue weighted by atomic mass is 127. The molecule has 3 aromatic rings. The van der Waals surface area contributed by atoms with Gasteiger partial charge in [-0.25, -0.2) is 4.99 Å². The summed E-state index contributed by atoms with van der Waals surface area (Å²) in [6, 6.07) is 12.1. The third-order valence-corrected chi connectivity index (χ3v) is 5.16. The number of thiophene rings is 1. The minimum Gasteiger partial charge on any atom is -0.386 e. The van der Waals surface area contributed by atoms with Crippen molar-refractivity contribution in [3.05, 3.63) is 52.7 Å². The standard InChI is InChI=1S/C19H24N4O2S.HI/c1-3-14-10-15(25-23-14)11-21-19(20-4-2)22-12-16(24)18-9-13-7-5-6-8-17(13)26-18;/h5-10,16,24H,3-4,11-12H2,1-2H3,(H2,20,21,22);1H. The Morgan fingerprint density at radius 2 is 2.07 bits per heavy atom. The molecule has 1 unspecified atom stereocenters. The second-order valence-electron chi connectivity index (χ2n) is 5.92. The highest BCUT2D eigenvalue weighted by Crippen LogP contribution is 2.29. The van der Waals surface area contributed by atoms with Gasteiger partial charge in [0.25, 0.3) is 0 Å². The summed E-state index contributed by atoms with van der Waals surface area (Å²) >= 11 is 1.61. The lowest BCUT2D eigenvalue weighted by Crippen LogP contribution is -2.39. The molecule has 2 aromatic heterocycles. The molecule has 0 saturated heterocycles. The molecule has 0 fully saturated rings. The predicted octanol–water partition coefficient (Wildman–Crippen LogP) is 3.86. The molecule has 0 aliphatic rings. The first-order chi connectivity index (χ1) is 12.7. The van der Waals surface area contributed by atoms with Crippen LogP contribution in [0.25, 0.3) is 10.1 Å². The van der Waals surface area contributed by atoms with Gasteiger partial charge in [-0.3, -0.25) is 0 Å². The Hall–Kier alpha value is -1.65. The van der Waals surface area contributed by atoms with Crippen molar-refractivity contribution in [1.82, 2.24) is 15.8 Å². The van der Waals surface area contributed by atoms with Gasteiger partial charge >= 0.3 is 0 Å². The summed E-state index contributed by atoms with van der Waals surface area (Å²) in [5, 5.41) is 22.0. The number of rotatable bonds is 7. The van der Waals surface area contributed by atoms with Crippen LogP contribution in [0, 0.1) is 0 Å². The van der Waals surface area contributed by atoms with E-state index in [0.717, 1.165) is 34.7 Å². The summed E-state index contributed by atoms with van der Waals surface area (Å²) in [4.78, 5) is 5.43. The number of aromatic nitrogens is 1. The second kappa shape index (κ2) is 10.6. The number of aliphatic hydroxyl groups excluding tert-OH is 1. The monoisotopic (exact) mass is 500 g/mol. The summed E-state index contributed by atoms with van der Waals surface area (Å²) in [6.45, 7) is 5.56. The highest BCUT2D eigenvalue weighted by molar-refractivity contribution is 14.0. The number of aliphatic imine (C=N–C) groups is 1. The molecule has 146 valence electrons. The van der Waals surface area contributed by atoms with Crippen LogP contribution in [0.4, 0.5) is 0 Å². The Morgan fingerprint density at radius 1 is 1.26 bits per heavy atom. The summed E-state index contributed by atoms with van der Waals surface area (Å²) in [5.74, 6) is 1.37. The predicted molar refractivity (Wildman–Crippen MR) is 121 cm³/mol. The molecule has 3 N–H and O–H groups in total. The molecule has 0 amide bonds. The van der Waals surface area contributed by atoms with Crippen molar-refractivity contribution < 1.29 is 9.63 Å². The van der Waals surface area contributed by atoms with Gasteiger partial charge in [0.15, 0.2) is 11.7 Å².